The van der Waals surface area contributed by atoms with Crippen molar-refractivity contribution in [3.05, 3.63) is 323 Å². The van der Waals surface area contributed by atoms with E-state index in [1.807, 2.05) is 147 Å². The second-order valence-electron chi connectivity index (χ2n) is 33.6. The Morgan fingerprint density at radius 3 is 1.04 bits per heavy atom. The fourth-order valence-corrected chi connectivity index (χ4v) is 18.1. The molecule has 26 rings (SSSR count). The molecule has 0 unspecified atom stereocenters. The minimum atomic E-state index is -0.308. The lowest BCUT2D eigenvalue weighted by Crippen LogP contribution is -2.29. The quantitative estimate of drug-likeness (QED) is 0.0445. The van der Waals surface area contributed by atoms with Gasteiger partial charge in [0.2, 0.25) is 0 Å². The Bertz CT molecular complexity index is 8440. The largest absolute Gasteiger partial charge is 0.335 e. The van der Waals surface area contributed by atoms with E-state index in [0.29, 0.717) is 45.6 Å². The summed E-state index contributed by atoms with van der Waals surface area (Å²) in [6.45, 7) is 8.62. The highest BCUT2D eigenvalue weighted by atomic mass is 19.1. The van der Waals surface area contributed by atoms with Crippen LogP contribution in [0.2, 0.25) is 0 Å². The molecule has 0 spiro atoms. The maximum absolute atomic E-state index is 14.6. The summed E-state index contributed by atoms with van der Waals surface area (Å²) in [5.41, 5.74) is 32.6. The normalized spacial score (nSPS) is 13.0. The van der Waals surface area contributed by atoms with Crippen LogP contribution in [0.15, 0.2) is 300 Å². The first-order valence-corrected chi connectivity index (χ1v) is 44.6. The summed E-state index contributed by atoms with van der Waals surface area (Å²) in [6, 6.07) is 53.9. The number of rotatable bonds is 16. The third-order valence-corrected chi connectivity index (χ3v) is 24.9. The predicted molar refractivity (Wildman–Crippen MR) is 522 cm³/mol. The Balaban J connectivity index is 0.000000102. The third-order valence-electron chi connectivity index (χ3n) is 24.9. The van der Waals surface area contributed by atoms with Crippen LogP contribution in [0, 0.1) is 12.7 Å². The molecule has 0 radical (unpaired) electrons. The van der Waals surface area contributed by atoms with Gasteiger partial charge in [-0.05, 0) is 218 Å². The molecule has 0 saturated carbocycles. The van der Waals surface area contributed by atoms with Gasteiger partial charge in [-0.3, -0.25) is 85.0 Å². The van der Waals surface area contributed by atoms with E-state index in [0.717, 1.165) is 203 Å². The number of aryl methyl sites for hydroxylation is 1. The number of pyridine rings is 11. The second-order valence-corrected chi connectivity index (χ2v) is 33.6. The maximum atomic E-state index is 14.6. The van der Waals surface area contributed by atoms with Gasteiger partial charge in [-0.15, -0.1) is 0 Å². The van der Waals surface area contributed by atoms with E-state index >= 15 is 0 Å². The molecule has 2 aliphatic heterocycles. The lowest BCUT2D eigenvalue weighted by atomic mass is 10.0. The number of hydrogen-bond donors (Lipinski definition) is 8. The average Bonchev–Trinajstić information content (AvgIpc) is 1.63. The summed E-state index contributed by atoms with van der Waals surface area (Å²) in [5.74, 6) is 2.39. The highest BCUT2D eigenvalue weighted by Gasteiger charge is 2.25. The van der Waals surface area contributed by atoms with Gasteiger partial charge in [-0.1, -0.05) is 61.0 Å². The van der Waals surface area contributed by atoms with Crippen molar-refractivity contribution < 1.29 is 4.39 Å². The van der Waals surface area contributed by atoms with Crippen LogP contribution in [0.25, 0.3) is 223 Å². The molecule has 2 fully saturated rings. The lowest BCUT2D eigenvalue weighted by molar-refractivity contribution is 0.220. The second kappa shape index (κ2) is 36.0. The van der Waals surface area contributed by atoms with Crippen LogP contribution in [-0.4, -0.2) is 171 Å². The van der Waals surface area contributed by atoms with E-state index in [2.05, 4.69) is 199 Å². The van der Waals surface area contributed by atoms with Gasteiger partial charge in [0.05, 0.1) is 80.0 Å². The number of nitrogens with one attached hydrogen (secondary N) is 8. The molecular weight excluding hydrogens is 1690 g/mol. The highest BCUT2D eigenvalue weighted by molar-refractivity contribution is 6.03. The van der Waals surface area contributed by atoms with E-state index < -0.39 is 0 Å². The number of piperidine rings is 1. The number of likely N-dealkylation sites (tertiary alicyclic amines) is 2. The zero-order valence-corrected chi connectivity index (χ0v) is 72.8. The summed E-state index contributed by atoms with van der Waals surface area (Å²) >= 11 is 0. The number of aromatic amines is 8. The molecule has 2 saturated heterocycles. The van der Waals surface area contributed by atoms with Crippen molar-refractivity contribution in [3.8, 4) is 135 Å². The van der Waals surface area contributed by atoms with E-state index in [1.165, 1.54) is 68.0 Å². The molecule has 135 heavy (non-hydrogen) atoms. The summed E-state index contributed by atoms with van der Waals surface area (Å²) in [4.78, 5) is 85.6. The molecule has 30 heteroatoms. The first kappa shape index (κ1) is 81.8. The molecule has 5 aromatic carbocycles. The molecule has 24 aromatic rings. The molecule has 2 aliphatic rings. The first-order valence-electron chi connectivity index (χ1n) is 44.6. The monoisotopic (exact) mass is 1770 g/mol. The standard InChI is InChI=1S/C30H26FN7.C28H24N8.C24H17N7.C23H15N7/c31-25-7-3-2-6-22(25)24-16-33-17-27-28(24)35-30(34-27)29-23-13-20(8-9-26(23)36-37-29)21-12-19(14-32-15-21)18-38-10-4-1-5-11-38;1-2-10-36(9-1)17-18-11-21(14-30-13-18)20-3-4-24-22(12-20)27(35-34-24)28-32-25-16-31-15-23(26(25)33-28)19-5-7-29-8-6-19;1-14-4-7-26-11-18(14)16-2-3-20-17(10-16)23(31-30-20)24-28-21-13-27-12-19(22(21)29-24)15-5-8-25-9-6-15;1-3-15(10-24-7-1)14-5-6-19-17(9-14)22(30-29-19)23-27-20-13-26-12-18(21(20)28-23)16-4-2-8-25-11-16/h2-3,6-9,12-17H,1,4-5,10-11,18H2,(H,34,35)(H,36,37);3-8,11-16H,1-2,9-10,17H2,(H,32,33)(H,34,35);2-13H,1H3,(H,28,29)(H,30,31);1-13H,(H,27,28)(H,29,30). The number of halogens is 1. The number of H-pyrrole nitrogens is 8. The Kier molecular flexibility index (Phi) is 21.8. The van der Waals surface area contributed by atoms with Crippen LogP contribution in [0.3, 0.4) is 0 Å². The van der Waals surface area contributed by atoms with Crippen molar-refractivity contribution in [2.75, 3.05) is 26.2 Å². The minimum Gasteiger partial charge on any atom is -0.335 e. The van der Waals surface area contributed by atoms with Crippen LogP contribution in [0.5, 0.6) is 0 Å². The number of benzene rings is 5. The zero-order valence-electron chi connectivity index (χ0n) is 72.8. The molecule has 0 atom stereocenters. The van der Waals surface area contributed by atoms with Gasteiger partial charge in [0.1, 0.15) is 39.6 Å². The summed E-state index contributed by atoms with van der Waals surface area (Å²) in [5, 5.41) is 34.7. The van der Waals surface area contributed by atoms with E-state index in [4.69, 9.17) is 19.9 Å². The number of aromatic nitrogens is 27. The van der Waals surface area contributed by atoms with Crippen LogP contribution < -0.4 is 0 Å². The van der Waals surface area contributed by atoms with Crippen LogP contribution >= 0.6 is 0 Å². The van der Waals surface area contributed by atoms with Gasteiger partial charge >= 0.3 is 0 Å². The Morgan fingerprint density at radius 2 is 0.615 bits per heavy atom. The van der Waals surface area contributed by atoms with Gasteiger partial charge < -0.3 is 19.9 Å². The molecule has 29 nitrogen and oxygen atoms in total. The predicted octanol–water partition coefficient (Wildman–Crippen LogP) is 21.1. The summed E-state index contributed by atoms with van der Waals surface area (Å²) in [6.07, 6.45) is 46.4. The Hall–Kier alpha value is -17.6. The van der Waals surface area contributed by atoms with Crippen LogP contribution in [-0.2, 0) is 13.1 Å². The molecule has 0 aliphatic carbocycles. The van der Waals surface area contributed by atoms with Gasteiger partial charge in [0.15, 0.2) is 23.3 Å². The summed E-state index contributed by atoms with van der Waals surface area (Å²) < 4.78 is 14.6. The van der Waals surface area contributed by atoms with E-state index in [-0.39, 0.29) is 5.82 Å². The Morgan fingerprint density at radius 1 is 0.259 bits per heavy atom. The fourth-order valence-electron chi connectivity index (χ4n) is 18.1. The third kappa shape index (κ3) is 16.5. The van der Waals surface area contributed by atoms with E-state index in [1.54, 1.807) is 80.3 Å². The van der Waals surface area contributed by atoms with Crippen molar-refractivity contribution in [1.82, 2.24) is 145 Å². The van der Waals surface area contributed by atoms with E-state index in [9.17, 15) is 4.39 Å². The van der Waals surface area contributed by atoms with Crippen molar-refractivity contribution >= 4 is 87.7 Å². The number of fused-ring (bicyclic) bond motifs is 8. The Labute approximate surface area is 769 Å². The SMILES string of the molecule is Cc1ccncc1-c1ccc2[nH]nc(-c3nc4c(-c5ccncc5)cncc4[nH]3)c2c1.Fc1ccccc1-c1cncc2[nH]c(-c3n[nH]c4ccc(-c5cncc(CN6CCCCC6)c5)cc34)nc12.c1cc(-c2cncc3[nH]c(-c4n[nH]c5ccc(-c6cncc(CN7CCCC7)c6)cc45)nc23)ccn1.c1cncc(-c2ccc3[nH]nc(-c4nc5c(-c6cccnc6)cncc5[nH]4)c3c2)c1. The van der Waals surface area contributed by atoms with Crippen molar-refractivity contribution in [3.63, 3.8) is 0 Å². The average molecular weight is 1770 g/mol. The smallest absolute Gasteiger partial charge is 0.159 e. The molecule has 654 valence electrons. The van der Waals surface area contributed by atoms with Crippen LogP contribution in [0.1, 0.15) is 48.8 Å². The van der Waals surface area contributed by atoms with Gasteiger partial charge in [0, 0.05) is 202 Å². The van der Waals surface area contributed by atoms with Crippen molar-refractivity contribution in [2.45, 2.75) is 52.1 Å². The molecule has 21 heterocycles. The summed E-state index contributed by atoms with van der Waals surface area (Å²) in [7, 11) is 0. The van der Waals surface area contributed by atoms with Gasteiger partial charge in [0.25, 0.3) is 0 Å². The van der Waals surface area contributed by atoms with Gasteiger partial charge in [-0.2, -0.15) is 20.4 Å². The minimum absolute atomic E-state index is 0.308. The number of nitrogens with zero attached hydrogens (tertiary/aromatic N) is 21. The molecular formula is C105H82FN29. The maximum Gasteiger partial charge on any atom is 0.159 e. The molecule has 8 N–H and O–H groups in total. The molecule has 0 amide bonds. The zero-order chi connectivity index (χ0) is 90.1. The fraction of sp³-hybridized carbons (Fsp3) is 0.114. The van der Waals surface area contributed by atoms with Crippen molar-refractivity contribution in [2.24, 2.45) is 0 Å². The topological polar surface area (TPSA) is 378 Å². The highest BCUT2D eigenvalue weighted by Crippen LogP contribution is 2.40. The van der Waals surface area contributed by atoms with Crippen molar-refractivity contribution in [1.29, 1.82) is 0 Å². The number of hydrogen-bond acceptors (Lipinski definition) is 21. The lowest BCUT2D eigenvalue weighted by Gasteiger charge is -2.26. The molecule has 19 aromatic heterocycles. The first-order chi connectivity index (χ1) is 66.7. The molecule has 0 bridgehead atoms. The number of imidazole rings is 4. The van der Waals surface area contributed by atoms with Gasteiger partial charge in [-0.25, -0.2) is 24.3 Å². The van der Waals surface area contributed by atoms with Crippen LogP contribution in [0.4, 0.5) is 4.39 Å².